The van der Waals surface area contributed by atoms with Gasteiger partial charge in [-0.05, 0) is 36.1 Å². The first-order chi connectivity index (χ1) is 22.9. The zero-order chi connectivity index (χ0) is 34.4. The van der Waals surface area contributed by atoms with Crippen molar-refractivity contribution in [3.05, 3.63) is 70.9 Å². The Kier molecular flexibility index (Phi) is 8.90. The fourth-order valence-electron chi connectivity index (χ4n) is 7.53. The molecule has 2 aromatic carbocycles. The molecule has 1 saturated heterocycles. The van der Waals surface area contributed by atoms with Gasteiger partial charge in [-0.1, -0.05) is 48.0 Å². The summed E-state index contributed by atoms with van der Waals surface area (Å²) in [5.41, 5.74) is -0.959. The zero-order valence-corrected chi connectivity index (χ0v) is 27.4. The number of halogens is 1. The van der Waals surface area contributed by atoms with Crippen LogP contribution in [0.2, 0.25) is 5.02 Å². The van der Waals surface area contributed by atoms with E-state index in [9.17, 15) is 33.9 Å². The second kappa shape index (κ2) is 12.8. The van der Waals surface area contributed by atoms with Crippen LogP contribution in [-0.4, -0.2) is 94.0 Å². The van der Waals surface area contributed by atoms with Crippen LogP contribution in [0, 0.1) is 10.8 Å². The molecule has 4 aliphatic rings. The minimum Gasteiger partial charge on any atom is -0.468 e. The van der Waals surface area contributed by atoms with Gasteiger partial charge in [0.05, 0.1) is 13.2 Å². The van der Waals surface area contributed by atoms with Gasteiger partial charge in [-0.15, -0.1) is 0 Å². The van der Waals surface area contributed by atoms with E-state index in [2.05, 4.69) is 10.3 Å². The third kappa shape index (κ3) is 5.66. The molecule has 3 aromatic rings. The number of ketones is 2. The molecule has 5 atom stereocenters. The molecule has 1 aromatic heterocycles. The van der Waals surface area contributed by atoms with Crippen molar-refractivity contribution in [3.8, 4) is 0 Å². The van der Waals surface area contributed by atoms with Crippen LogP contribution < -0.4 is 5.32 Å². The number of likely N-dealkylation sites (tertiary alicyclic amines) is 1. The highest BCUT2D eigenvalue weighted by atomic mass is 35.5. The number of aliphatic hydroxyl groups excluding tert-OH is 1. The van der Waals surface area contributed by atoms with E-state index in [1.165, 1.54) is 4.90 Å². The first-order valence-electron chi connectivity index (χ1n) is 15.9. The normalized spacial score (nSPS) is 25.6. The van der Waals surface area contributed by atoms with Gasteiger partial charge in [0.25, 0.3) is 0 Å². The number of ether oxygens (including phenoxy) is 1. The number of aliphatic hydroxyl groups is 1. The summed E-state index contributed by atoms with van der Waals surface area (Å²) in [7, 11) is 2.76. The molecule has 12 nitrogen and oxygen atoms in total. The maximum Gasteiger partial charge on any atom is 0.319 e. The Balaban J connectivity index is 1.25. The number of β-amino-alcohol motifs (C(OH)–C–C–N with tert-alkyl or cyclic N) is 1. The Labute approximate surface area is 281 Å². The molecule has 0 radical (unpaired) electrons. The summed E-state index contributed by atoms with van der Waals surface area (Å²) < 4.78 is 4.82. The van der Waals surface area contributed by atoms with Crippen LogP contribution in [0.1, 0.15) is 43.2 Å². The third-order valence-corrected chi connectivity index (χ3v) is 10.6. The average Bonchev–Trinajstić information content (AvgIpc) is 3.68. The molecular formula is C35H37ClN4O8. The number of likely N-dealkylation sites (N-methyl/N-ethyl adjacent to an activating group) is 1. The number of aromatic nitrogens is 1. The third-order valence-electron chi connectivity index (χ3n) is 10.3. The Morgan fingerprint density at radius 1 is 1.04 bits per heavy atom. The Morgan fingerprint density at radius 2 is 1.71 bits per heavy atom. The molecule has 48 heavy (non-hydrogen) atoms. The van der Waals surface area contributed by atoms with Gasteiger partial charge < -0.3 is 29.9 Å². The quantitative estimate of drug-likeness (QED) is 0.230. The van der Waals surface area contributed by atoms with Crippen LogP contribution in [0.3, 0.4) is 0 Å². The molecule has 3 amide bonds. The predicted molar refractivity (Wildman–Crippen MR) is 173 cm³/mol. The number of amides is 3. The predicted octanol–water partition coefficient (Wildman–Crippen LogP) is 2.34. The highest BCUT2D eigenvalue weighted by Gasteiger charge is 2.67. The Morgan fingerprint density at radius 3 is 2.42 bits per heavy atom. The summed E-state index contributed by atoms with van der Waals surface area (Å²) in [6, 6.07) is 12.4. The molecule has 2 bridgehead atoms. The van der Waals surface area contributed by atoms with Crippen molar-refractivity contribution in [2.45, 2.75) is 63.3 Å². The van der Waals surface area contributed by atoms with Gasteiger partial charge in [0.15, 0.2) is 5.78 Å². The van der Waals surface area contributed by atoms with Gasteiger partial charge in [0.2, 0.25) is 17.7 Å². The molecule has 252 valence electrons. The molecular weight excluding hydrogens is 640 g/mol. The van der Waals surface area contributed by atoms with Gasteiger partial charge in [-0.3, -0.25) is 28.8 Å². The number of nitrogens with zero attached hydrogens (tertiary/aromatic N) is 2. The summed E-state index contributed by atoms with van der Waals surface area (Å²) in [4.78, 5) is 87.2. The van der Waals surface area contributed by atoms with E-state index in [-0.39, 0.29) is 38.8 Å². The first-order valence-corrected chi connectivity index (χ1v) is 16.3. The largest absolute Gasteiger partial charge is 0.468 e. The van der Waals surface area contributed by atoms with Crippen LogP contribution in [0.25, 0.3) is 10.9 Å². The second-order valence-electron chi connectivity index (χ2n) is 13.1. The van der Waals surface area contributed by atoms with Gasteiger partial charge in [-0.2, -0.15) is 0 Å². The van der Waals surface area contributed by atoms with E-state index in [4.69, 9.17) is 16.3 Å². The van der Waals surface area contributed by atoms with Crippen LogP contribution in [-0.2, 0) is 46.5 Å². The lowest BCUT2D eigenvalue weighted by Crippen LogP contribution is -2.64. The van der Waals surface area contributed by atoms with Crippen LogP contribution in [0.4, 0.5) is 0 Å². The lowest BCUT2D eigenvalue weighted by Gasteiger charge is -2.49. The van der Waals surface area contributed by atoms with E-state index >= 15 is 0 Å². The summed E-state index contributed by atoms with van der Waals surface area (Å²) in [6.45, 7) is -0.0486. The maximum atomic E-state index is 14.2. The number of esters is 1. The monoisotopic (exact) mass is 676 g/mol. The number of para-hydroxylation sites is 1. The maximum absolute atomic E-state index is 14.2. The lowest BCUT2D eigenvalue weighted by atomic mass is 9.52. The number of methoxy groups -OCH3 is 1. The smallest absolute Gasteiger partial charge is 0.319 e. The Bertz CT molecular complexity index is 1820. The number of nitrogens with one attached hydrogen (secondary N) is 2. The average molecular weight is 677 g/mol. The minimum absolute atomic E-state index is 0.0256. The van der Waals surface area contributed by atoms with Crippen LogP contribution >= 0.6 is 11.6 Å². The molecule has 7 rings (SSSR count). The number of Topliss-reactive ketones (excluding diaryl/α,β-unsaturated/α-hetero) is 2. The fraction of sp³-hybridized carbons (Fsp3) is 0.429. The molecule has 3 N–H and O–H groups in total. The minimum atomic E-state index is -1.73. The first kappa shape index (κ1) is 33.4. The number of aromatic amines is 1. The summed E-state index contributed by atoms with van der Waals surface area (Å²) in [6.07, 6.45) is -0.293. The van der Waals surface area contributed by atoms with E-state index in [1.54, 1.807) is 31.4 Å². The van der Waals surface area contributed by atoms with Crippen molar-refractivity contribution in [2.75, 3.05) is 20.7 Å². The molecule has 13 heteroatoms. The molecule has 2 heterocycles. The number of rotatable bonds is 9. The molecule has 3 aliphatic carbocycles. The lowest BCUT2D eigenvalue weighted by molar-refractivity contribution is -0.179. The Hall–Kier alpha value is -4.55. The molecule has 3 saturated carbocycles. The number of hydrogen-bond donors (Lipinski definition) is 3. The van der Waals surface area contributed by atoms with Crippen molar-refractivity contribution in [2.24, 2.45) is 10.8 Å². The van der Waals surface area contributed by atoms with Crippen molar-refractivity contribution in [1.29, 1.82) is 0 Å². The number of fused-ring (bicyclic) bond motifs is 4. The van der Waals surface area contributed by atoms with Crippen LogP contribution in [0.5, 0.6) is 0 Å². The van der Waals surface area contributed by atoms with Gasteiger partial charge >= 0.3 is 5.97 Å². The fourth-order valence-corrected chi connectivity index (χ4v) is 7.72. The molecule has 4 fully saturated rings. The van der Waals surface area contributed by atoms with Crippen molar-refractivity contribution in [1.82, 2.24) is 20.1 Å². The zero-order valence-electron chi connectivity index (χ0n) is 26.7. The van der Waals surface area contributed by atoms with Gasteiger partial charge in [0, 0.05) is 67.9 Å². The van der Waals surface area contributed by atoms with E-state index in [1.807, 2.05) is 30.3 Å². The topological polar surface area (TPSA) is 166 Å². The summed E-state index contributed by atoms with van der Waals surface area (Å²) >= 11 is 6.36. The van der Waals surface area contributed by atoms with E-state index in [0.717, 1.165) is 34.0 Å². The van der Waals surface area contributed by atoms with Crippen LogP contribution in [0.15, 0.2) is 54.7 Å². The molecule has 0 spiro atoms. The number of hydrogen-bond acceptors (Lipinski definition) is 8. The van der Waals surface area contributed by atoms with E-state index < -0.39 is 77.1 Å². The summed E-state index contributed by atoms with van der Waals surface area (Å²) in [5, 5.41) is 14.9. The van der Waals surface area contributed by atoms with Gasteiger partial charge in [-0.25, -0.2) is 0 Å². The number of H-pyrrole nitrogens is 1. The molecule has 4 unspecified atom stereocenters. The highest BCUT2D eigenvalue weighted by molar-refractivity contribution is 6.31. The number of carbonyl (C=O) groups excluding carboxylic acids is 6. The number of carbonyl (C=O) groups is 6. The van der Waals surface area contributed by atoms with Crippen molar-refractivity contribution >= 4 is 57.8 Å². The standard InChI is InChI=1S/C35H37ClN4O8/c1-39(18-20-7-3-5-9-24(20)36)31(45)26(13-21-17-37-25-10-6-4-8-23(21)25)38-30(44)27-14-22(41)19-40(27)32(46)34-11-12-35(16-28(34)42,29(43)15-34)33(47)48-2/h3-10,17,22,26-27,37,41H,11-16,18-19H2,1-2H3,(H,38,44)/t22-,26?,27?,34?,35?/m1/s1. The van der Waals surface area contributed by atoms with Crippen molar-refractivity contribution in [3.63, 3.8) is 0 Å². The van der Waals surface area contributed by atoms with Gasteiger partial charge in [0.1, 0.15) is 28.7 Å². The highest BCUT2D eigenvalue weighted by Crippen LogP contribution is 2.54. The van der Waals surface area contributed by atoms with E-state index in [0.29, 0.717) is 5.02 Å². The number of benzene rings is 2. The SMILES string of the molecule is COC(=O)C12CCC(C(=O)N3C[C@H](O)CC3C(=O)NC(Cc3c[nH]c4ccccc34)C(=O)N(C)Cc3ccccc3Cl)(CC1=O)C(=O)C2. The second-order valence-corrected chi connectivity index (χ2v) is 13.5. The van der Waals surface area contributed by atoms with Crippen molar-refractivity contribution < 1.29 is 38.6 Å². The molecule has 1 aliphatic heterocycles. The summed E-state index contributed by atoms with van der Waals surface area (Å²) in [5.74, 6) is -3.69.